The van der Waals surface area contributed by atoms with Crippen molar-refractivity contribution in [2.45, 2.75) is 65.2 Å². The first-order valence-corrected chi connectivity index (χ1v) is 11.9. The summed E-state index contributed by atoms with van der Waals surface area (Å²) in [6.45, 7) is 9.01. The van der Waals surface area contributed by atoms with Gasteiger partial charge in [0, 0.05) is 25.0 Å². The molecular weight excluding hydrogens is 446 g/mol. The second kappa shape index (κ2) is 13.0. The highest BCUT2D eigenvalue weighted by atomic mass is 35.5. The Bertz CT molecular complexity index is 828. The molecule has 1 fully saturated rings. The summed E-state index contributed by atoms with van der Waals surface area (Å²) in [5, 5.41) is 15.7. The summed E-state index contributed by atoms with van der Waals surface area (Å²) in [7, 11) is 1.63. The first kappa shape index (κ1) is 27.3. The summed E-state index contributed by atoms with van der Waals surface area (Å²) < 4.78 is 16.4. The van der Waals surface area contributed by atoms with Crippen LogP contribution in [0.5, 0.6) is 5.75 Å². The number of nitrogens with zero attached hydrogens (tertiary/aromatic N) is 3. The fraction of sp³-hybridized carbons (Fsp3) is 0.708. The lowest BCUT2D eigenvalue weighted by Gasteiger charge is -2.31. The number of rotatable bonds is 13. The zero-order valence-corrected chi connectivity index (χ0v) is 20.9. The molecule has 8 nitrogen and oxygen atoms in total. The van der Waals surface area contributed by atoms with Crippen LogP contribution in [0.4, 0.5) is 0 Å². The Balaban J connectivity index is 2.19. The minimum atomic E-state index is -0.835. The maximum absolute atomic E-state index is 12.3. The number of ether oxygens (including phenoxy) is 3. The van der Waals surface area contributed by atoms with Gasteiger partial charge in [-0.1, -0.05) is 50.5 Å². The van der Waals surface area contributed by atoms with Crippen molar-refractivity contribution in [3.05, 3.63) is 39.2 Å². The molecule has 0 bridgehead atoms. The largest absolute Gasteiger partial charge is 0.492 e. The summed E-state index contributed by atoms with van der Waals surface area (Å²) in [5.74, 6) is 0.0432. The molecule has 33 heavy (non-hydrogen) atoms. The third-order valence-corrected chi connectivity index (χ3v) is 6.63. The molecule has 5 unspecified atom stereocenters. The van der Waals surface area contributed by atoms with Crippen molar-refractivity contribution in [2.24, 2.45) is 28.8 Å². The molecule has 5 atom stereocenters. The molecule has 0 aliphatic carbocycles. The number of halogens is 1. The topological polar surface area (TPSA) is 114 Å². The van der Waals surface area contributed by atoms with Crippen molar-refractivity contribution in [1.82, 2.24) is 0 Å². The Labute approximate surface area is 201 Å². The Kier molecular flexibility index (Phi) is 10.8. The van der Waals surface area contributed by atoms with Crippen LogP contribution in [-0.4, -0.2) is 43.5 Å². The van der Waals surface area contributed by atoms with Crippen LogP contribution >= 0.6 is 11.6 Å². The standard InChI is InChI=1S/C24H36ClN3O5/c1-14(2)17(12-20(27-28-26)22-13-18(15(3)4)24(30)33-22)23(29)16-7-8-19(25)21(11-16)32-10-6-9-31-5/h7-8,11,14-15,17-18,20,22-23,29H,6,9-10,12-13H2,1-5H3. The smallest absolute Gasteiger partial charge is 0.309 e. The maximum atomic E-state index is 12.3. The molecule has 1 aromatic carbocycles. The van der Waals surface area contributed by atoms with Gasteiger partial charge in [0.05, 0.1) is 29.7 Å². The Morgan fingerprint density at radius 1 is 1.30 bits per heavy atom. The lowest BCUT2D eigenvalue weighted by molar-refractivity contribution is -0.146. The molecule has 1 aliphatic rings. The van der Waals surface area contributed by atoms with Crippen LogP contribution in [0.25, 0.3) is 10.4 Å². The minimum Gasteiger partial charge on any atom is -0.492 e. The SMILES string of the molecule is COCCCOc1cc(C(O)C(CC(N=[N+]=[N-])C2CC(C(C)C)C(=O)O2)C(C)C)ccc1Cl. The van der Waals surface area contributed by atoms with E-state index in [1.807, 2.05) is 27.7 Å². The van der Waals surface area contributed by atoms with E-state index in [9.17, 15) is 9.90 Å². The first-order valence-electron chi connectivity index (χ1n) is 11.5. The molecule has 1 heterocycles. The number of hydrogen-bond donors (Lipinski definition) is 1. The fourth-order valence-electron chi connectivity index (χ4n) is 4.24. The summed E-state index contributed by atoms with van der Waals surface area (Å²) in [5.41, 5.74) is 9.82. The average Bonchev–Trinajstić information content (AvgIpc) is 3.16. The van der Waals surface area contributed by atoms with Gasteiger partial charge in [-0.25, -0.2) is 0 Å². The van der Waals surface area contributed by atoms with Crippen molar-refractivity contribution in [2.75, 3.05) is 20.3 Å². The number of benzene rings is 1. The van der Waals surface area contributed by atoms with Gasteiger partial charge in [-0.3, -0.25) is 4.79 Å². The lowest BCUT2D eigenvalue weighted by Crippen LogP contribution is -2.31. The normalized spacial score (nSPS) is 20.9. The van der Waals surface area contributed by atoms with Gasteiger partial charge in [-0.2, -0.15) is 0 Å². The number of cyclic esters (lactones) is 1. The summed E-state index contributed by atoms with van der Waals surface area (Å²) in [6.07, 6.45) is 0.302. The molecule has 2 rings (SSSR count). The average molecular weight is 482 g/mol. The van der Waals surface area contributed by atoms with E-state index in [0.29, 0.717) is 42.4 Å². The third-order valence-electron chi connectivity index (χ3n) is 6.31. The summed E-state index contributed by atoms with van der Waals surface area (Å²) in [6, 6.07) is 4.68. The van der Waals surface area contributed by atoms with Crippen LogP contribution in [0, 0.1) is 23.7 Å². The second-order valence-corrected chi connectivity index (χ2v) is 9.71. The van der Waals surface area contributed by atoms with E-state index in [1.54, 1.807) is 25.3 Å². The summed E-state index contributed by atoms with van der Waals surface area (Å²) >= 11 is 6.28. The Morgan fingerprint density at radius 3 is 2.61 bits per heavy atom. The summed E-state index contributed by atoms with van der Waals surface area (Å²) in [4.78, 5) is 15.3. The number of aliphatic hydroxyl groups is 1. The van der Waals surface area contributed by atoms with Crippen LogP contribution < -0.4 is 4.74 Å². The van der Waals surface area contributed by atoms with Gasteiger partial charge in [-0.15, -0.1) is 0 Å². The molecule has 9 heteroatoms. The van der Waals surface area contributed by atoms with Crippen LogP contribution in [-0.2, 0) is 14.3 Å². The van der Waals surface area contributed by atoms with Gasteiger partial charge in [0.2, 0.25) is 0 Å². The van der Waals surface area contributed by atoms with Gasteiger partial charge < -0.3 is 19.3 Å². The van der Waals surface area contributed by atoms with Crippen molar-refractivity contribution in [1.29, 1.82) is 0 Å². The Hall–Kier alpha value is -1.99. The van der Waals surface area contributed by atoms with Crippen LogP contribution in [0.15, 0.2) is 23.3 Å². The van der Waals surface area contributed by atoms with E-state index < -0.39 is 18.2 Å². The number of methoxy groups -OCH3 is 1. The number of carbonyl (C=O) groups is 1. The molecule has 0 spiro atoms. The van der Waals surface area contributed by atoms with E-state index in [-0.39, 0.29) is 29.6 Å². The van der Waals surface area contributed by atoms with Crippen LogP contribution in [0.2, 0.25) is 5.02 Å². The third kappa shape index (κ3) is 7.51. The van der Waals surface area contributed by atoms with E-state index in [1.165, 1.54) is 0 Å². The quantitative estimate of drug-likeness (QED) is 0.127. The molecule has 0 amide bonds. The van der Waals surface area contributed by atoms with E-state index in [4.69, 9.17) is 31.3 Å². The molecule has 1 saturated heterocycles. The lowest BCUT2D eigenvalue weighted by atomic mass is 9.80. The highest BCUT2D eigenvalue weighted by molar-refractivity contribution is 6.32. The van der Waals surface area contributed by atoms with Gasteiger partial charge in [0.1, 0.15) is 11.9 Å². The predicted molar refractivity (Wildman–Crippen MR) is 127 cm³/mol. The van der Waals surface area contributed by atoms with Crippen LogP contribution in [0.1, 0.15) is 58.6 Å². The number of hydrogen-bond acceptors (Lipinski definition) is 6. The van der Waals surface area contributed by atoms with Gasteiger partial charge >= 0.3 is 5.97 Å². The highest BCUT2D eigenvalue weighted by Crippen LogP contribution is 2.39. The fourth-order valence-corrected chi connectivity index (χ4v) is 4.41. The van der Waals surface area contributed by atoms with Crippen molar-refractivity contribution in [3.63, 3.8) is 0 Å². The van der Waals surface area contributed by atoms with E-state index in [2.05, 4.69) is 10.0 Å². The van der Waals surface area contributed by atoms with E-state index in [0.717, 1.165) is 6.42 Å². The van der Waals surface area contributed by atoms with Gasteiger partial charge in [0.25, 0.3) is 0 Å². The van der Waals surface area contributed by atoms with Crippen molar-refractivity contribution in [3.8, 4) is 5.75 Å². The molecular formula is C24H36ClN3O5. The second-order valence-electron chi connectivity index (χ2n) is 9.31. The van der Waals surface area contributed by atoms with Crippen molar-refractivity contribution >= 4 is 17.6 Å². The molecule has 0 saturated carbocycles. The molecule has 1 N–H and O–H groups in total. The molecule has 0 aromatic heterocycles. The van der Waals surface area contributed by atoms with Gasteiger partial charge in [-0.05, 0) is 53.8 Å². The van der Waals surface area contributed by atoms with Crippen LogP contribution in [0.3, 0.4) is 0 Å². The van der Waals surface area contributed by atoms with E-state index >= 15 is 0 Å². The molecule has 184 valence electrons. The van der Waals surface area contributed by atoms with Crippen molar-refractivity contribution < 1.29 is 24.1 Å². The monoisotopic (exact) mass is 481 g/mol. The minimum absolute atomic E-state index is 0.0798. The number of azide groups is 1. The zero-order chi connectivity index (χ0) is 24.5. The Morgan fingerprint density at radius 2 is 2.03 bits per heavy atom. The predicted octanol–water partition coefficient (Wildman–Crippen LogP) is 5.72. The number of esters is 1. The first-order chi connectivity index (χ1) is 15.7. The van der Waals surface area contributed by atoms with Gasteiger partial charge in [0.15, 0.2) is 0 Å². The number of aliphatic hydroxyl groups excluding tert-OH is 1. The highest BCUT2D eigenvalue weighted by Gasteiger charge is 2.41. The number of carbonyl (C=O) groups excluding carboxylic acids is 1. The zero-order valence-electron chi connectivity index (χ0n) is 20.1. The molecule has 0 radical (unpaired) electrons. The maximum Gasteiger partial charge on any atom is 0.309 e. The molecule has 1 aromatic rings. The molecule has 1 aliphatic heterocycles.